The standard InChI is InChI=1S/C20H15Br2ClN2O4/c1-2-28-18(26)11-29-19-16(22)8-12(9-17(19)23)7-13(10-24)20(27)25-15-5-3-14(21)4-6-15/h3-9H,2,11H2,1H3,(H,25,27)/b13-7-. The van der Waals surface area contributed by atoms with Gasteiger partial charge in [-0.15, -0.1) is 0 Å². The third kappa shape index (κ3) is 6.89. The minimum absolute atomic E-state index is 0.101. The number of carbonyl (C=O) groups is 2. The van der Waals surface area contributed by atoms with Gasteiger partial charge in [-0.05, 0) is 70.9 Å². The molecule has 0 fully saturated rings. The first-order chi connectivity index (χ1) is 13.8. The quantitative estimate of drug-likeness (QED) is 0.289. The predicted octanol–water partition coefficient (Wildman–Crippen LogP) is 5.35. The molecule has 0 aliphatic rings. The van der Waals surface area contributed by atoms with Crippen LogP contribution in [-0.2, 0) is 14.3 Å². The number of carbonyl (C=O) groups excluding carboxylic acids is 2. The number of amides is 1. The number of anilines is 1. The Morgan fingerprint density at radius 2 is 1.93 bits per heavy atom. The summed E-state index contributed by atoms with van der Waals surface area (Å²) in [4.78, 5) is 23.8. The number of ether oxygens (including phenoxy) is 2. The van der Waals surface area contributed by atoms with Crippen LogP contribution in [0.4, 0.5) is 5.69 Å². The molecular formula is C20H15Br2ClN2O4. The number of benzene rings is 2. The SMILES string of the molecule is CCOC(=O)COc1c(Cl)cc(/C=C(/C#N)C(=O)Nc2ccc(Br)cc2)cc1Br. The monoisotopic (exact) mass is 540 g/mol. The van der Waals surface area contributed by atoms with Crippen LogP contribution in [0.5, 0.6) is 5.75 Å². The number of nitrogens with one attached hydrogen (secondary N) is 1. The van der Waals surface area contributed by atoms with Crippen molar-refractivity contribution in [3.63, 3.8) is 0 Å². The minimum Gasteiger partial charge on any atom is -0.479 e. The number of hydrogen-bond donors (Lipinski definition) is 1. The van der Waals surface area contributed by atoms with E-state index in [0.717, 1.165) is 4.47 Å². The summed E-state index contributed by atoms with van der Waals surface area (Å²) >= 11 is 12.9. The summed E-state index contributed by atoms with van der Waals surface area (Å²) in [6.45, 7) is 1.65. The van der Waals surface area contributed by atoms with Crippen molar-refractivity contribution >= 4 is 67.1 Å². The van der Waals surface area contributed by atoms with Gasteiger partial charge in [0, 0.05) is 10.2 Å². The van der Waals surface area contributed by atoms with Crippen molar-refractivity contribution in [3.8, 4) is 11.8 Å². The van der Waals surface area contributed by atoms with Crippen molar-refractivity contribution in [2.45, 2.75) is 6.92 Å². The molecule has 0 aromatic heterocycles. The first-order valence-corrected chi connectivity index (χ1v) is 10.3. The van der Waals surface area contributed by atoms with Gasteiger partial charge < -0.3 is 14.8 Å². The number of nitriles is 1. The van der Waals surface area contributed by atoms with Gasteiger partial charge in [0.2, 0.25) is 0 Å². The fraction of sp³-hybridized carbons (Fsp3) is 0.150. The molecule has 6 nitrogen and oxygen atoms in total. The summed E-state index contributed by atoms with van der Waals surface area (Å²) in [6.07, 6.45) is 1.40. The lowest BCUT2D eigenvalue weighted by Crippen LogP contribution is -2.15. The maximum absolute atomic E-state index is 12.4. The second-order valence-electron chi connectivity index (χ2n) is 5.54. The summed E-state index contributed by atoms with van der Waals surface area (Å²) in [5, 5.41) is 12.2. The molecule has 29 heavy (non-hydrogen) atoms. The molecule has 2 aromatic rings. The molecule has 9 heteroatoms. The first-order valence-electron chi connectivity index (χ1n) is 8.30. The molecule has 0 atom stereocenters. The summed E-state index contributed by atoms with van der Waals surface area (Å²) in [7, 11) is 0. The van der Waals surface area contributed by atoms with Crippen LogP contribution in [0.3, 0.4) is 0 Å². The number of rotatable bonds is 7. The van der Waals surface area contributed by atoms with Crippen LogP contribution in [0.15, 0.2) is 50.9 Å². The molecule has 0 spiro atoms. The van der Waals surface area contributed by atoms with E-state index < -0.39 is 11.9 Å². The van der Waals surface area contributed by atoms with Gasteiger partial charge in [0.1, 0.15) is 11.6 Å². The molecule has 2 aromatic carbocycles. The van der Waals surface area contributed by atoms with E-state index in [1.165, 1.54) is 12.1 Å². The van der Waals surface area contributed by atoms with Crippen molar-refractivity contribution in [3.05, 3.63) is 61.5 Å². The zero-order chi connectivity index (χ0) is 21.4. The van der Waals surface area contributed by atoms with Crippen LogP contribution in [0.1, 0.15) is 12.5 Å². The van der Waals surface area contributed by atoms with Crippen LogP contribution in [0, 0.1) is 11.3 Å². The van der Waals surface area contributed by atoms with E-state index in [4.69, 9.17) is 21.1 Å². The van der Waals surface area contributed by atoms with Crippen LogP contribution in [0.2, 0.25) is 5.02 Å². The summed E-state index contributed by atoms with van der Waals surface area (Å²) in [5.41, 5.74) is 0.963. The lowest BCUT2D eigenvalue weighted by atomic mass is 10.1. The van der Waals surface area contributed by atoms with Crippen molar-refractivity contribution in [2.75, 3.05) is 18.5 Å². The van der Waals surface area contributed by atoms with Crippen molar-refractivity contribution in [1.29, 1.82) is 5.26 Å². The van der Waals surface area contributed by atoms with Crippen molar-refractivity contribution in [1.82, 2.24) is 0 Å². The molecule has 150 valence electrons. The molecule has 0 heterocycles. The average Bonchev–Trinajstić information content (AvgIpc) is 2.67. The van der Waals surface area contributed by atoms with E-state index in [0.29, 0.717) is 15.7 Å². The van der Waals surface area contributed by atoms with Gasteiger partial charge in [-0.25, -0.2) is 4.79 Å². The predicted molar refractivity (Wildman–Crippen MR) is 118 cm³/mol. The Hall–Kier alpha value is -2.34. The third-order valence-electron chi connectivity index (χ3n) is 3.44. The largest absolute Gasteiger partial charge is 0.479 e. The second kappa shape index (κ2) is 11.0. The Morgan fingerprint density at radius 1 is 1.24 bits per heavy atom. The molecule has 0 bridgehead atoms. The van der Waals surface area contributed by atoms with E-state index in [1.54, 1.807) is 37.3 Å². The minimum atomic E-state index is -0.551. The Labute approximate surface area is 189 Å². The van der Waals surface area contributed by atoms with E-state index in [2.05, 4.69) is 37.2 Å². The second-order valence-corrected chi connectivity index (χ2v) is 7.72. The first kappa shape index (κ1) is 22.9. The highest BCUT2D eigenvalue weighted by molar-refractivity contribution is 9.10. The number of nitrogens with zero attached hydrogens (tertiary/aromatic N) is 1. The number of hydrogen-bond acceptors (Lipinski definition) is 5. The Bertz CT molecular complexity index is 962. The smallest absolute Gasteiger partial charge is 0.344 e. The van der Waals surface area contributed by atoms with Gasteiger partial charge in [-0.2, -0.15) is 5.26 Å². The summed E-state index contributed by atoms with van der Waals surface area (Å²) < 4.78 is 11.5. The van der Waals surface area contributed by atoms with Gasteiger partial charge in [0.25, 0.3) is 5.91 Å². The summed E-state index contributed by atoms with van der Waals surface area (Å²) in [6, 6.07) is 12.0. The molecule has 1 N–H and O–H groups in total. The average molecular weight is 543 g/mol. The fourth-order valence-electron chi connectivity index (χ4n) is 2.18. The van der Waals surface area contributed by atoms with Gasteiger partial charge in [-0.3, -0.25) is 4.79 Å². The zero-order valence-corrected chi connectivity index (χ0v) is 19.1. The van der Waals surface area contributed by atoms with Crippen molar-refractivity contribution < 1.29 is 19.1 Å². The van der Waals surface area contributed by atoms with Crippen LogP contribution >= 0.6 is 43.5 Å². The maximum atomic E-state index is 12.4. The van der Waals surface area contributed by atoms with Crippen LogP contribution in [-0.4, -0.2) is 25.1 Å². The Balaban J connectivity index is 2.18. The number of esters is 1. The van der Waals surface area contributed by atoms with Crippen molar-refractivity contribution in [2.24, 2.45) is 0 Å². The number of halogens is 3. The zero-order valence-electron chi connectivity index (χ0n) is 15.2. The highest BCUT2D eigenvalue weighted by atomic mass is 79.9. The normalized spacial score (nSPS) is 10.8. The van der Waals surface area contributed by atoms with Crippen LogP contribution in [0.25, 0.3) is 6.08 Å². The molecule has 1 amide bonds. The summed E-state index contributed by atoms with van der Waals surface area (Å²) in [5.74, 6) is -0.810. The maximum Gasteiger partial charge on any atom is 0.344 e. The molecule has 2 rings (SSSR count). The topological polar surface area (TPSA) is 88.4 Å². The Kier molecular flexibility index (Phi) is 8.70. The molecule has 0 aliphatic heterocycles. The third-order valence-corrected chi connectivity index (χ3v) is 4.84. The molecule has 0 saturated heterocycles. The van der Waals surface area contributed by atoms with E-state index in [-0.39, 0.29) is 29.6 Å². The lowest BCUT2D eigenvalue weighted by Gasteiger charge is -2.11. The van der Waals surface area contributed by atoms with Gasteiger partial charge >= 0.3 is 5.97 Å². The van der Waals surface area contributed by atoms with Gasteiger partial charge in [-0.1, -0.05) is 27.5 Å². The Morgan fingerprint density at radius 3 is 2.52 bits per heavy atom. The molecule has 0 aliphatic carbocycles. The van der Waals surface area contributed by atoms with E-state index in [1.807, 2.05) is 6.07 Å². The van der Waals surface area contributed by atoms with Gasteiger partial charge in [0.05, 0.1) is 16.1 Å². The van der Waals surface area contributed by atoms with Gasteiger partial charge in [0.15, 0.2) is 12.4 Å². The van der Waals surface area contributed by atoms with E-state index >= 15 is 0 Å². The lowest BCUT2D eigenvalue weighted by molar-refractivity contribution is -0.145. The van der Waals surface area contributed by atoms with E-state index in [9.17, 15) is 14.9 Å². The molecule has 0 saturated carbocycles. The van der Waals surface area contributed by atoms with Crippen LogP contribution < -0.4 is 10.1 Å². The molecular weight excluding hydrogens is 527 g/mol. The highest BCUT2D eigenvalue weighted by Crippen LogP contribution is 2.35. The highest BCUT2D eigenvalue weighted by Gasteiger charge is 2.14. The molecule has 0 radical (unpaired) electrons. The molecule has 0 unspecified atom stereocenters. The fourth-order valence-corrected chi connectivity index (χ4v) is 3.43.